The van der Waals surface area contributed by atoms with Crippen LogP contribution >= 0.6 is 0 Å². The topological polar surface area (TPSA) is 97.1 Å². The summed E-state index contributed by atoms with van der Waals surface area (Å²) < 4.78 is 5.32. The molecule has 7 nitrogen and oxygen atoms in total. The number of hydrogen-bond acceptors (Lipinski definition) is 5. The van der Waals surface area contributed by atoms with Gasteiger partial charge >= 0.3 is 0 Å². The van der Waals surface area contributed by atoms with Gasteiger partial charge in [0.15, 0.2) is 5.76 Å². The van der Waals surface area contributed by atoms with Gasteiger partial charge in [0.25, 0.3) is 0 Å². The normalized spacial score (nSPS) is 23.8. The minimum atomic E-state index is -0.631. The molecule has 1 aliphatic carbocycles. The summed E-state index contributed by atoms with van der Waals surface area (Å²) in [6.07, 6.45) is 3.06. The van der Waals surface area contributed by atoms with Gasteiger partial charge < -0.3 is 15.2 Å². The second-order valence-corrected chi connectivity index (χ2v) is 7.84. The molecule has 0 bridgehead atoms. The van der Waals surface area contributed by atoms with Crippen molar-refractivity contribution in [3.8, 4) is 11.4 Å². The molecule has 0 radical (unpaired) electrons. The molecule has 0 aromatic carbocycles. The van der Waals surface area contributed by atoms with Gasteiger partial charge in [-0.1, -0.05) is 32.0 Å². The molecule has 0 aliphatic heterocycles. The van der Waals surface area contributed by atoms with E-state index in [1.54, 1.807) is 19.3 Å². The number of pyridine rings is 1. The van der Waals surface area contributed by atoms with Crippen molar-refractivity contribution in [1.82, 2.24) is 20.8 Å². The van der Waals surface area contributed by atoms with Crippen LogP contribution in [0.1, 0.15) is 39.4 Å². The van der Waals surface area contributed by atoms with E-state index in [0.29, 0.717) is 24.3 Å². The molecule has 2 heterocycles. The first kappa shape index (κ1) is 19.1. The Morgan fingerprint density at radius 1 is 1.26 bits per heavy atom. The van der Waals surface area contributed by atoms with Gasteiger partial charge in [-0.15, -0.1) is 0 Å². The van der Waals surface area contributed by atoms with Gasteiger partial charge in [0, 0.05) is 25.2 Å². The summed E-state index contributed by atoms with van der Waals surface area (Å²) in [7, 11) is 1.64. The maximum atomic E-state index is 13.0. The molecule has 2 atom stereocenters. The molecule has 1 aliphatic rings. The zero-order valence-corrected chi connectivity index (χ0v) is 16.2. The molecule has 0 spiro atoms. The second kappa shape index (κ2) is 7.13. The SMILES string of the molecule is CNC(=O)[C@H]1CC[C@@](C)(C(=O)NCc2cc(-c3ccccn3)no2)C1(C)C. The summed E-state index contributed by atoms with van der Waals surface area (Å²) in [6, 6.07) is 7.34. The molecule has 2 aromatic heterocycles. The minimum Gasteiger partial charge on any atom is -0.359 e. The van der Waals surface area contributed by atoms with Crippen molar-refractivity contribution in [2.75, 3.05) is 7.05 Å². The predicted molar refractivity (Wildman–Crippen MR) is 100 cm³/mol. The Morgan fingerprint density at radius 2 is 2.04 bits per heavy atom. The molecule has 0 unspecified atom stereocenters. The van der Waals surface area contributed by atoms with Crippen molar-refractivity contribution < 1.29 is 14.1 Å². The number of rotatable bonds is 5. The highest BCUT2D eigenvalue weighted by Crippen LogP contribution is 2.56. The Balaban J connectivity index is 1.67. The van der Waals surface area contributed by atoms with Crippen LogP contribution in [0.2, 0.25) is 0 Å². The third-order valence-corrected chi connectivity index (χ3v) is 6.20. The third kappa shape index (κ3) is 3.34. The summed E-state index contributed by atoms with van der Waals surface area (Å²) in [5.41, 5.74) is 0.272. The Morgan fingerprint density at radius 3 is 2.70 bits per heavy atom. The lowest BCUT2D eigenvalue weighted by Gasteiger charge is -2.39. The van der Waals surface area contributed by atoms with Crippen LogP contribution in [0.5, 0.6) is 0 Å². The molecule has 2 aromatic rings. The molecule has 3 rings (SSSR count). The summed E-state index contributed by atoms with van der Waals surface area (Å²) in [6.45, 7) is 6.17. The van der Waals surface area contributed by atoms with Gasteiger partial charge in [-0.25, -0.2) is 0 Å². The van der Waals surface area contributed by atoms with Crippen LogP contribution in [0.25, 0.3) is 11.4 Å². The molecule has 7 heteroatoms. The van der Waals surface area contributed by atoms with Crippen LogP contribution in [0.4, 0.5) is 0 Å². The van der Waals surface area contributed by atoms with Crippen LogP contribution < -0.4 is 10.6 Å². The van der Waals surface area contributed by atoms with E-state index in [1.165, 1.54) is 0 Å². The van der Waals surface area contributed by atoms with E-state index in [2.05, 4.69) is 20.8 Å². The average molecular weight is 370 g/mol. The number of nitrogens with one attached hydrogen (secondary N) is 2. The minimum absolute atomic E-state index is 0.00763. The zero-order valence-electron chi connectivity index (χ0n) is 16.2. The molecular formula is C20H26N4O3. The number of amides is 2. The van der Waals surface area contributed by atoms with E-state index in [-0.39, 0.29) is 24.3 Å². The molecule has 144 valence electrons. The first-order valence-electron chi connectivity index (χ1n) is 9.16. The Kier molecular flexibility index (Phi) is 5.04. The van der Waals surface area contributed by atoms with Crippen LogP contribution in [0.15, 0.2) is 35.0 Å². The summed E-state index contributed by atoms with van der Waals surface area (Å²) in [5, 5.41) is 9.68. The van der Waals surface area contributed by atoms with Crippen molar-refractivity contribution in [2.24, 2.45) is 16.7 Å². The summed E-state index contributed by atoms with van der Waals surface area (Å²) in [5.74, 6) is 0.298. The highest BCUT2D eigenvalue weighted by Gasteiger charge is 2.57. The third-order valence-electron chi connectivity index (χ3n) is 6.20. The quantitative estimate of drug-likeness (QED) is 0.843. The Hall–Kier alpha value is -2.70. The highest BCUT2D eigenvalue weighted by molar-refractivity contribution is 5.87. The fourth-order valence-corrected chi connectivity index (χ4v) is 3.93. The van der Waals surface area contributed by atoms with E-state index >= 15 is 0 Å². The van der Waals surface area contributed by atoms with Crippen molar-refractivity contribution in [1.29, 1.82) is 0 Å². The molecule has 2 amide bonds. The van der Waals surface area contributed by atoms with Crippen molar-refractivity contribution >= 4 is 11.8 Å². The lowest BCUT2D eigenvalue weighted by Crippen LogP contribution is -2.49. The number of carbonyl (C=O) groups is 2. The van der Waals surface area contributed by atoms with E-state index in [0.717, 1.165) is 5.69 Å². The lowest BCUT2D eigenvalue weighted by molar-refractivity contribution is -0.139. The van der Waals surface area contributed by atoms with Crippen molar-refractivity contribution in [3.05, 3.63) is 36.2 Å². The average Bonchev–Trinajstić information content (AvgIpc) is 3.23. The lowest BCUT2D eigenvalue weighted by atomic mass is 9.65. The molecule has 2 N–H and O–H groups in total. The van der Waals surface area contributed by atoms with Gasteiger partial charge in [0.2, 0.25) is 11.8 Å². The fraction of sp³-hybridized carbons (Fsp3) is 0.500. The molecular weight excluding hydrogens is 344 g/mol. The van der Waals surface area contributed by atoms with E-state index in [9.17, 15) is 9.59 Å². The van der Waals surface area contributed by atoms with Gasteiger partial charge in [-0.2, -0.15) is 0 Å². The van der Waals surface area contributed by atoms with Gasteiger partial charge in [-0.05, 0) is 30.4 Å². The van der Waals surface area contributed by atoms with Crippen molar-refractivity contribution in [3.63, 3.8) is 0 Å². The molecule has 1 fully saturated rings. The standard InChI is InChI=1S/C20H26N4O3/c1-19(2)14(17(25)21-4)8-9-20(19,3)18(26)23-12-13-11-16(24-27-13)15-7-5-6-10-22-15/h5-7,10-11,14H,8-9,12H2,1-4H3,(H,21,25)(H,23,26)/t14-,20+/m1/s1. The maximum absolute atomic E-state index is 13.0. The zero-order chi connectivity index (χ0) is 19.7. The largest absolute Gasteiger partial charge is 0.359 e. The molecule has 27 heavy (non-hydrogen) atoms. The van der Waals surface area contributed by atoms with E-state index in [4.69, 9.17) is 4.52 Å². The summed E-state index contributed by atoms with van der Waals surface area (Å²) >= 11 is 0. The monoisotopic (exact) mass is 370 g/mol. The number of nitrogens with zero attached hydrogens (tertiary/aromatic N) is 2. The Bertz CT molecular complexity index is 831. The Labute approximate surface area is 158 Å². The maximum Gasteiger partial charge on any atom is 0.226 e. The van der Waals surface area contributed by atoms with Crippen molar-refractivity contribution in [2.45, 2.75) is 40.2 Å². The van der Waals surface area contributed by atoms with Crippen LogP contribution in [-0.2, 0) is 16.1 Å². The van der Waals surface area contributed by atoms with E-state index in [1.807, 2.05) is 39.0 Å². The number of carbonyl (C=O) groups excluding carboxylic acids is 2. The highest BCUT2D eigenvalue weighted by atomic mass is 16.5. The molecule has 0 saturated heterocycles. The van der Waals surface area contributed by atoms with Crippen LogP contribution in [0.3, 0.4) is 0 Å². The van der Waals surface area contributed by atoms with E-state index < -0.39 is 10.8 Å². The predicted octanol–water partition coefficient (Wildman–Crippen LogP) is 2.54. The smallest absolute Gasteiger partial charge is 0.226 e. The molecule has 1 saturated carbocycles. The van der Waals surface area contributed by atoms with Gasteiger partial charge in [-0.3, -0.25) is 14.6 Å². The fourth-order valence-electron chi connectivity index (χ4n) is 3.93. The number of hydrogen-bond donors (Lipinski definition) is 2. The second-order valence-electron chi connectivity index (χ2n) is 7.84. The van der Waals surface area contributed by atoms with Gasteiger partial charge in [0.1, 0.15) is 5.69 Å². The van der Waals surface area contributed by atoms with Crippen LogP contribution in [-0.4, -0.2) is 29.0 Å². The van der Waals surface area contributed by atoms with Crippen LogP contribution in [0, 0.1) is 16.7 Å². The first-order chi connectivity index (χ1) is 12.8. The number of aromatic nitrogens is 2. The summed E-state index contributed by atoms with van der Waals surface area (Å²) in [4.78, 5) is 29.4. The first-order valence-corrected chi connectivity index (χ1v) is 9.16. The van der Waals surface area contributed by atoms with Gasteiger partial charge in [0.05, 0.1) is 17.7 Å².